The van der Waals surface area contributed by atoms with E-state index in [0.29, 0.717) is 23.8 Å². The summed E-state index contributed by atoms with van der Waals surface area (Å²) in [6.07, 6.45) is -0.0241. The van der Waals surface area contributed by atoms with Gasteiger partial charge in [0.15, 0.2) is 5.82 Å². The number of anilines is 2. The third-order valence-electron chi connectivity index (χ3n) is 13.6. The van der Waals surface area contributed by atoms with Crippen molar-refractivity contribution in [2.24, 2.45) is 10.4 Å². The van der Waals surface area contributed by atoms with E-state index in [1.165, 1.54) is 12.0 Å². The molecule has 6 heterocycles. The number of methoxy groups -OCH3 is 1. The number of rotatable bonds is 11. The summed E-state index contributed by atoms with van der Waals surface area (Å²) < 4.78 is 7.07. The fourth-order valence-electron chi connectivity index (χ4n) is 9.58. The van der Waals surface area contributed by atoms with Gasteiger partial charge >= 0.3 is 5.97 Å². The number of fused-ring (bicyclic) bond motifs is 4. The van der Waals surface area contributed by atoms with Gasteiger partial charge in [-0.15, -0.1) is 32.9 Å². The van der Waals surface area contributed by atoms with Crippen molar-refractivity contribution in [3.63, 3.8) is 0 Å². The largest absolute Gasteiger partial charge is 0.469 e. The SMILES string of the molecule is COC(=O)C[C@@H]1N=C(c2ccc(N3CCc4ccc(C(=O)N[C@H](C(=O)N5C[C@H](O)C[C@H]5C(=O)N[C@@H](C)c5ccc(-c6scnc6C)cc5)C(C)(C)C)cc43)cc2)c2c(sc(C)c2C)-n2c(C)nnc21. The average Bonchev–Trinajstić information content (AvgIpc) is 4.16. The Balaban J connectivity index is 0.921. The first-order chi connectivity index (χ1) is 32.9. The van der Waals surface area contributed by atoms with Crippen molar-refractivity contribution >= 4 is 63.5 Å². The van der Waals surface area contributed by atoms with Gasteiger partial charge in [-0.2, -0.15) is 0 Å². The molecule has 3 aliphatic heterocycles. The fraction of sp³-hybridized carbons (Fsp3) is 0.385. The number of nitrogens with one attached hydrogen (secondary N) is 2. The van der Waals surface area contributed by atoms with Gasteiger partial charge in [0, 0.05) is 52.5 Å². The van der Waals surface area contributed by atoms with E-state index >= 15 is 0 Å². The number of hydrogen-bond donors (Lipinski definition) is 3. The van der Waals surface area contributed by atoms with E-state index in [1.54, 1.807) is 28.7 Å². The monoisotopic (exact) mass is 967 g/mol. The number of hydrogen-bond acceptors (Lipinski definition) is 13. The number of amides is 3. The molecule has 17 heteroatoms. The van der Waals surface area contributed by atoms with Crippen LogP contribution in [-0.4, -0.2) is 97.5 Å². The third-order valence-corrected chi connectivity index (χ3v) is 15.7. The number of thiazole rings is 1. The van der Waals surface area contributed by atoms with E-state index < -0.39 is 47.4 Å². The lowest BCUT2D eigenvalue weighted by molar-refractivity contribution is -0.142. The normalized spacial score (nSPS) is 18.4. The third kappa shape index (κ3) is 9.10. The van der Waals surface area contributed by atoms with Crippen molar-refractivity contribution in [3.05, 3.63) is 128 Å². The van der Waals surface area contributed by atoms with Crippen LogP contribution in [0, 0.1) is 33.1 Å². The molecule has 5 atom stereocenters. The minimum absolute atomic E-state index is 0.0122. The highest BCUT2D eigenvalue weighted by Gasteiger charge is 2.45. The maximum atomic E-state index is 14.5. The van der Waals surface area contributed by atoms with Gasteiger partial charge in [-0.25, -0.2) is 4.98 Å². The number of aryl methyl sites for hydroxylation is 3. The molecule has 1 saturated heterocycles. The van der Waals surface area contributed by atoms with E-state index in [9.17, 15) is 24.3 Å². The Bertz CT molecular complexity index is 3000. The summed E-state index contributed by atoms with van der Waals surface area (Å²) in [6, 6.07) is 18.9. The molecule has 3 amide bonds. The number of thiophene rings is 1. The molecule has 9 rings (SSSR count). The zero-order valence-electron chi connectivity index (χ0n) is 40.3. The van der Waals surface area contributed by atoms with E-state index in [0.717, 1.165) is 77.3 Å². The molecule has 6 aromatic rings. The van der Waals surface area contributed by atoms with E-state index in [4.69, 9.17) is 9.73 Å². The van der Waals surface area contributed by atoms with E-state index in [1.807, 2.05) is 112 Å². The molecule has 69 heavy (non-hydrogen) atoms. The summed E-state index contributed by atoms with van der Waals surface area (Å²) in [5.74, 6) is -0.313. The molecule has 3 aliphatic rings. The molecule has 0 radical (unpaired) electrons. The van der Waals surface area contributed by atoms with Crippen molar-refractivity contribution in [1.29, 1.82) is 0 Å². The van der Waals surface area contributed by atoms with Crippen molar-refractivity contribution in [1.82, 2.24) is 35.3 Å². The van der Waals surface area contributed by atoms with Crippen LogP contribution in [0.3, 0.4) is 0 Å². The van der Waals surface area contributed by atoms with E-state index in [2.05, 4.69) is 44.6 Å². The summed E-state index contributed by atoms with van der Waals surface area (Å²) in [4.78, 5) is 70.7. The van der Waals surface area contributed by atoms with Crippen LogP contribution in [0.15, 0.2) is 77.2 Å². The number of β-amino-alcohol motifs (C(OH)–C–C–N with tert-alkyl or cyclic N) is 1. The number of aliphatic imine (C=N–C) groups is 1. The Hall–Kier alpha value is -6.56. The summed E-state index contributed by atoms with van der Waals surface area (Å²) in [5.41, 5.74) is 11.0. The number of aliphatic hydroxyl groups is 1. The van der Waals surface area contributed by atoms with Crippen LogP contribution in [0.25, 0.3) is 15.4 Å². The smallest absolute Gasteiger partial charge is 0.308 e. The average molecular weight is 968 g/mol. The minimum Gasteiger partial charge on any atom is -0.469 e. The van der Waals surface area contributed by atoms with Crippen LogP contribution in [0.1, 0.15) is 113 Å². The maximum Gasteiger partial charge on any atom is 0.308 e. The summed E-state index contributed by atoms with van der Waals surface area (Å²) >= 11 is 3.22. The summed E-state index contributed by atoms with van der Waals surface area (Å²) in [6.45, 7) is 16.2. The van der Waals surface area contributed by atoms with Gasteiger partial charge in [-0.1, -0.05) is 63.2 Å². The van der Waals surface area contributed by atoms with Crippen LogP contribution in [0.5, 0.6) is 0 Å². The minimum atomic E-state index is -1.00. The molecule has 0 unspecified atom stereocenters. The topological polar surface area (TPSA) is 184 Å². The van der Waals surface area contributed by atoms with E-state index in [-0.39, 0.29) is 31.3 Å². The van der Waals surface area contributed by atoms with Crippen LogP contribution < -0.4 is 15.5 Å². The van der Waals surface area contributed by atoms with Crippen molar-refractivity contribution in [2.45, 2.75) is 105 Å². The molecule has 358 valence electrons. The quantitative estimate of drug-likeness (QED) is 0.108. The lowest BCUT2D eigenvalue weighted by Crippen LogP contribution is -2.57. The van der Waals surface area contributed by atoms with Crippen LogP contribution >= 0.6 is 22.7 Å². The molecular weight excluding hydrogens is 911 g/mol. The Kier molecular flexibility index (Phi) is 12.9. The van der Waals surface area contributed by atoms with Gasteiger partial charge < -0.3 is 30.3 Å². The van der Waals surface area contributed by atoms with Gasteiger partial charge in [-0.05, 0) is 93.0 Å². The van der Waals surface area contributed by atoms with Gasteiger partial charge in [0.2, 0.25) is 11.8 Å². The molecule has 0 bridgehead atoms. The second kappa shape index (κ2) is 18.7. The standard InChI is InChI=1S/C52H57N9O6S2/c1-27-30(4)69-51-43(27)44(55-39(24-42(63)67-9)47-58-57-31(5)61(47)51)34-16-18-37(19-17-34)59-21-20-33-12-15-36(22-40(33)59)48(64)56-46(52(6,7)8)50(66)60-25-38(62)23-41(60)49(65)54-28(2)32-10-13-35(14-11-32)45-29(3)53-26-68-45/h10-19,22,26,28,38-39,41,46,62H,20-21,23-25H2,1-9H3,(H,54,65)(H,56,64)/t28-,38+,39-,41-,46+/m0/s1. The predicted octanol–water partition coefficient (Wildman–Crippen LogP) is 7.82. The van der Waals surface area contributed by atoms with Crippen LogP contribution in [0.2, 0.25) is 0 Å². The lowest BCUT2D eigenvalue weighted by Gasteiger charge is -2.35. The highest BCUT2D eigenvalue weighted by Crippen LogP contribution is 2.41. The first-order valence-corrected chi connectivity index (χ1v) is 24.9. The molecule has 3 N–H and O–H groups in total. The number of aromatic nitrogens is 4. The molecule has 0 spiro atoms. The highest BCUT2D eigenvalue weighted by atomic mass is 32.1. The predicted molar refractivity (Wildman–Crippen MR) is 268 cm³/mol. The van der Waals surface area contributed by atoms with Crippen LogP contribution in [0.4, 0.5) is 11.4 Å². The number of likely N-dealkylation sites (tertiary alicyclic amines) is 1. The maximum absolute atomic E-state index is 14.5. The Morgan fingerprint density at radius 1 is 0.942 bits per heavy atom. The highest BCUT2D eigenvalue weighted by molar-refractivity contribution is 7.15. The molecule has 0 saturated carbocycles. The molecule has 0 aliphatic carbocycles. The molecule has 3 aromatic carbocycles. The zero-order chi connectivity index (χ0) is 49.1. The van der Waals surface area contributed by atoms with Gasteiger partial charge in [-0.3, -0.25) is 28.7 Å². The van der Waals surface area contributed by atoms with Gasteiger partial charge in [0.25, 0.3) is 5.91 Å². The number of carbonyl (C=O) groups excluding carboxylic acids is 4. The number of aliphatic hydroxyl groups excluding tert-OH is 1. The Labute approximate surface area is 409 Å². The first-order valence-electron chi connectivity index (χ1n) is 23.2. The number of nitrogens with zero attached hydrogens (tertiary/aromatic N) is 7. The first kappa shape index (κ1) is 47.5. The zero-order valence-corrected chi connectivity index (χ0v) is 41.9. The second-order valence-electron chi connectivity index (χ2n) is 19.3. The molecule has 1 fully saturated rings. The second-order valence-corrected chi connectivity index (χ2v) is 21.3. The lowest BCUT2D eigenvalue weighted by atomic mass is 9.85. The Morgan fingerprint density at radius 3 is 2.35 bits per heavy atom. The Morgan fingerprint density at radius 2 is 1.67 bits per heavy atom. The van der Waals surface area contributed by atoms with Gasteiger partial charge in [0.1, 0.15) is 29.0 Å². The number of carbonyl (C=O) groups is 4. The van der Waals surface area contributed by atoms with Gasteiger partial charge in [0.05, 0.1) is 47.5 Å². The van der Waals surface area contributed by atoms with Crippen molar-refractivity contribution in [2.75, 3.05) is 25.1 Å². The van der Waals surface area contributed by atoms with Crippen molar-refractivity contribution in [3.8, 4) is 15.4 Å². The summed E-state index contributed by atoms with van der Waals surface area (Å²) in [5, 5.41) is 26.7. The molecule has 15 nitrogen and oxygen atoms in total. The number of benzene rings is 3. The van der Waals surface area contributed by atoms with Crippen molar-refractivity contribution < 1.29 is 29.0 Å². The number of ether oxygens (including phenoxy) is 1. The molecule has 3 aromatic heterocycles. The summed E-state index contributed by atoms with van der Waals surface area (Å²) in [7, 11) is 1.37. The molecular formula is C52H57N9O6S2. The van der Waals surface area contributed by atoms with Crippen LogP contribution in [-0.2, 0) is 25.5 Å². The number of esters is 1. The fourth-order valence-corrected chi connectivity index (χ4v) is 11.6.